The molecule has 17 heavy (non-hydrogen) atoms. The molecule has 0 heterocycles. The van der Waals surface area contributed by atoms with Gasteiger partial charge in [0.15, 0.2) is 11.4 Å². The summed E-state index contributed by atoms with van der Waals surface area (Å²) in [5.41, 5.74) is -2.11. The second-order valence-electron chi connectivity index (χ2n) is 3.85. The maximum Gasteiger partial charge on any atom is 0.264 e. The number of hydrogen-bond acceptors (Lipinski definition) is 6. The van der Waals surface area contributed by atoms with Crippen LogP contribution in [0.1, 0.15) is 6.42 Å². The Balaban J connectivity index is 3.15. The number of aliphatic hydroxyl groups excluding tert-OH is 1. The lowest BCUT2D eigenvalue weighted by molar-refractivity contribution is -0.151. The zero-order chi connectivity index (χ0) is 13.3. The number of carbonyl (C=O) groups excluding carboxylic acids is 1. The number of rotatable bonds is 4. The Morgan fingerprint density at radius 2 is 2.24 bits per heavy atom. The molecular weight excluding hydrogens is 248 g/mol. The van der Waals surface area contributed by atoms with E-state index in [1.54, 1.807) is 0 Å². The van der Waals surface area contributed by atoms with Crippen LogP contribution in [0.5, 0.6) is 0 Å². The Kier molecular flexibility index (Phi) is 3.88. The molecule has 96 valence electrons. The summed E-state index contributed by atoms with van der Waals surface area (Å²) in [4.78, 5) is 11.6. The van der Waals surface area contributed by atoms with Gasteiger partial charge in [0.2, 0.25) is 0 Å². The van der Waals surface area contributed by atoms with Crippen molar-refractivity contribution in [1.29, 1.82) is 0 Å². The molecule has 0 bridgehead atoms. The first kappa shape index (κ1) is 14.0. The highest BCUT2D eigenvalue weighted by atomic mass is 32.2. The summed E-state index contributed by atoms with van der Waals surface area (Å²) in [7, 11) is -3.91. The molecule has 1 rings (SSSR count). The first-order valence-corrected chi connectivity index (χ1v) is 6.64. The van der Waals surface area contributed by atoms with E-state index in [1.165, 1.54) is 6.08 Å². The molecule has 0 amide bonds. The molecule has 0 spiro atoms. The van der Waals surface area contributed by atoms with Gasteiger partial charge in [0, 0.05) is 6.42 Å². The van der Waals surface area contributed by atoms with E-state index in [-0.39, 0.29) is 6.42 Å². The summed E-state index contributed by atoms with van der Waals surface area (Å²) in [5, 5.41) is 19.7. The van der Waals surface area contributed by atoms with Gasteiger partial charge < -0.3 is 10.2 Å². The van der Waals surface area contributed by atoms with Crippen molar-refractivity contribution in [1.82, 2.24) is 0 Å². The quantitative estimate of drug-likeness (QED) is 0.505. The first-order chi connectivity index (χ1) is 7.70. The molecule has 0 aromatic carbocycles. The van der Waals surface area contributed by atoms with E-state index in [9.17, 15) is 23.4 Å². The third kappa shape index (κ3) is 3.01. The van der Waals surface area contributed by atoms with E-state index in [1.807, 2.05) is 0 Å². The monoisotopic (exact) mass is 262 g/mol. The van der Waals surface area contributed by atoms with Crippen molar-refractivity contribution in [3.05, 3.63) is 24.8 Å². The van der Waals surface area contributed by atoms with Crippen molar-refractivity contribution >= 4 is 15.9 Å². The fourth-order valence-corrected chi connectivity index (χ4v) is 2.27. The minimum Gasteiger partial charge on any atom is -0.386 e. The molecule has 3 atom stereocenters. The highest BCUT2D eigenvalue weighted by Gasteiger charge is 2.49. The van der Waals surface area contributed by atoms with Gasteiger partial charge in [-0.1, -0.05) is 6.08 Å². The van der Waals surface area contributed by atoms with Crippen LogP contribution in [0.25, 0.3) is 0 Å². The summed E-state index contributed by atoms with van der Waals surface area (Å²) >= 11 is 0. The summed E-state index contributed by atoms with van der Waals surface area (Å²) in [6.07, 6.45) is 0.944. The lowest BCUT2D eigenvalue weighted by Gasteiger charge is -2.36. The minimum atomic E-state index is -3.91. The largest absolute Gasteiger partial charge is 0.386 e. The van der Waals surface area contributed by atoms with Gasteiger partial charge in [0.05, 0.1) is 6.26 Å². The van der Waals surface area contributed by atoms with E-state index < -0.39 is 33.7 Å². The average molecular weight is 262 g/mol. The average Bonchev–Trinajstić information content (AvgIpc) is 2.19. The Labute approximate surface area is 99.3 Å². The SMILES string of the molecule is C=CC[C@@]1(O)C(=O)C=C[C@H](O)[C@H]1OS(C)(=O)=O. The maximum absolute atomic E-state index is 11.6. The van der Waals surface area contributed by atoms with Crippen LogP contribution in [0, 0.1) is 0 Å². The van der Waals surface area contributed by atoms with Gasteiger partial charge in [-0.15, -0.1) is 6.58 Å². The van der Waals surface area contributed by atoms with Crippen molar-refractivity contribution < 1.29 is 27.6 Å². The van der Waals surface area contributed by atoms with Gasteiger partial charge in [-0.25, -0.2) is 0 Å². The molecule has 1 aliphatic carbocycles. The highest BCUT2D eigenvalue weighted by molar-refractivity contribution is 7.86. The molecule has 0 radical (unpaired) electrons. The van der Waals surface area contributed by atoms with Crippen LogP contribution in [0.3, 0.4) is 0 Å². The van der Waals surface area contributed by atoms with Crippen molar-refractivity contribution in [2.75, 3.05) is 6.26 Å². The fourth-order valence-electron chi connectivity index (χ4n) is 1.62. The molecule has 1 aliphatic rings. The molecule has 0 aromatic heterocycles. The molecule has 0 aromatic rings. The van der Waals surface area contributed by atoms with Crippen molar-refractivity contribution in [2.45, 2.75) is 24.2 Å². The van der Waals surface area contributed by atoms with Crippen LogP contribution in [-0.2, 0) is 19.1 Å². The predicted octanol–water partition coefficient (Wildman–Crippen LogP) is -0.862. The highest BCUT2D eigenvalue weighted by Crippen LogP contribution is 2.29. The second-order valence-corrected chi connectivity index (χ2v) is 5.45. The summed E-state index contributed by atoms with van der Waals surface area (Å²) in [6.45, 7) is 3.37. The number of aliphatic hydroxyl groups is 2. The standard InChI is InChI=1S/C10H14O6S/c1-3-6-10(13)8(12)5-4-7(11)9(10)16-17(2,14)15/h3-5,7,9,11,13H,1,6H2,2H3/t7-,9+,10+/m0/s1. The van der Waals surface area contributed by atoms with E-state index >= 15 is 0 Å². The first-order valence-electron chi connectivity index (χ1n) is 4.83. The lowest BCUT2D eigenvalue weighted by Crippen LogP contribution is -2.57. The van der Waals surface area contributed by atoms with Crippen molar-refractivity contribution in [3.8, 4) is 0 Å². The molecule has 7 heteroatoms. The van der Waals surface area contributed by atoms with Crippen LogP contribution >= 0.6 is 0 Å². The summed E-state index contributed by atoms with van der Waals surface area (Å²) in [6, 6.07) is 0. The molecule has 0 unspecified atom stereocenters. The van der Waals surface area contributed by atoms with Crippen molar-refractivity contribution in [3.63, 3.8) is 0 Å². The topological polar surface area (TPSA) is 101 Å². The van der Waals surface area contributed by atoms with Gasteiger partial charge in [-0.05, 0) is 12.2 Å². The van der Waals surface area contributed by atoms with Crippen molar-refractivity contribution in [2.24, 2.45) is 0 Å². The third-order valence-electron chi connectivity index (χ3n) is 2.39. The zero-order valence-electron chi connectivity index (χ0n) is 9.24. The van der Waals surface area contributed by atoms with Gasteiger partial charge in [0.1, 0.15) is 12.2 Å². The third-order valence-corrected chi connectivity index (χ3v) is 2.94. The molecule has 0 aliphatic heterocycles. The number of carbonyl (C=O) groups is 1. The Bertz CT molecular complexity index is 451. The maximum atomic E-state index is 11.6. The van der Waals surface area contributed by atoms with Gasteiger partial charge in [-0.2, -0.15) is 8.42 Å². The van der Waals surface area contributed by atoms with Gasteiger partial charge in [-0.3, -0.25) is 8.98 Å². The Morgan fingerprint density at radius 1 is 1.65 bits per heavy atom. The normalized spacial score (nSPS) is 33.7. The smallest absolute Gasteiger partial charge is 0.264 e. The predicted molar refractivity (Wildman–Crippen MR) is 59.6 cm³/mol. The Hall–Kier alpha value is -1.02. The zero-order valence-corrected chi connectivity index (χ0v) is 10.1. The Morgan fingerprint density at radius 3 is 2.71 bits per heavy atom. The molecule has 0 fully saturated rings. The van der Waals surface area contributed by atoms with E-state index in [2.05, 4.69) is 10.8 Å². The van der Waals surface area contributed by atoms with Crippen LogP contribution in [-0.4, -0.2) is 48.5 Å². The molecule has 6 nitrogen and oxygen atoms in total. The van der Waals surface area contributed by atoms with Crippen LogP contribution < -0.4 is 0 Å². The van der Waals surface area contributed by atoms with E-state index in [0.29, 0.717) is 0 Å². The second kappa shape index (κ2) is 4.69. The number of ketones is 1. The van der Waals surface area contributed by atoms with Crippen LogP contribution in [0.2, 0.25) is 0 Å². The van der Waals surface area contributed by atoms with Crippen LogP contribution in [0.4, 0.5) is 0 Å². The van der Waals surface area contributed by atoms with Gasteiger partial charge in [0.25, 0.3) is 10.1 Å². The minimum absolute atomic E-state index is 0.215. The molecule has 0 saturated carbocycles. The summed E-state index contributed by atoms with van der Waals surface area (Å²) in [5.74, 6) is -0.726. The van der Waals surface area contributed by atoms with Crippen LogP contribution in [0.15, 0.2) is 24.8 Å². The molecule has 0 saturated heterocycles. The van der Waals surface area contributed by atoms with E-state index in [0.717, 1.165) is 18.4 Å². The number of hydrogen-bond donors (Lipinski definition) is 2. The van der Waals surface area contributed by atoms with Gasteiger partial charge >= 0.3 is 0 Å². The summed E-state index contributed by atoms with van der Waals surface area (Å²) < 4.78 is 26.7. The molecular formula is C10H14O6S. The van der Waals surface area contributed by atoms with E-state index in [4.69, 9.17) is 0 Å². The fraction of sp³-hybridized carbons (Fsp3) is 0.500. The molecule has 2 N–H and O–H groups in total. The lowest BCUT2D eigenvalue weighted by atomic mass is 9.81.